The standard InChI is InChI=1S/C19H24N2O2/c1-19(2,3)17-9-6-12-21(17)18(22)13-23-16-10-11-20-15-8-5-4-7-14(15)16/h4-5,7-8,10-11,17H,6,9,12-13H2,1-3H3. The molecular formula is C19H24N2O2. The van der Waals surface area contributed by atoms with Gasteiger partial charge in [0.15, 0.2) is 6.61 Å². The Hall–Kier alpha value is -2.10. The highest BCUT2D eigenvalue weighted by atomic mass is 16.5. The van der Waals surface area contributed by atoms with Gasteiger partial charge in [0.25, 0.3) is 5.91 Å². The molecule has 1 unspecified atom stereocenters. The molecule has 0 bridgehead atoms. The summed E-state index contributed by atoms with van der Waals surface area (Å²) in [6.07, 6.45) is 3.87. The summed E-state index contributed by atoms with van der Waals surface area (Å²) in [7, 11) is 0. The monoisotopic (exact) mass is 312 g/mol. The number of likely N-dealkylation sites (tertiary alicyclic amines) is 1. The van der Waals surface area contributed by atoms with Crippen LogP contribution in [0.5, 0.6) is 5.75 Å². The zero-order valence-electron chi connectivity index (χ0n) is 14.1. The molecule has 1 aromatic heterocycles. The summed E-state index contributed by atoms with van der Waals surface area (Å²) in [5.41, 5.74) is 0.987. The van der Waals surface area contributed by atoms with E-state index < -0.39 is 0 Å². The molecule has 2 aromatic rings. The molecule has 122 valence electrons. The van der Waals surface area contributed by atoms with E-state index in [0.717, 1.165) is 36.0 Å². The maximum atomic E-state index is 12.6. The summed E-state index contributed by atoms with van der Waals surface area (Å²) in [6.45, 7) is 7.50. The predicted octanol–water partition coefficient (Wildman–Crippen LogP) is 3.65. The number of pyridine rings is 1. The molecule has 1 aliphatic rings. The van der Waals surface area contributed by atoms with Crippen molar-refractivity contribution in [3.63, 3.8) is 0 Å². The number of aromatic nitrogens is 1. The first-order chi connectivity index (χ1) is 11.0. The van der Waals surface area contributed by atoms with E-state index in [-0.39, 0.29) is 17.9 Å². The molecule has 0 saturated carbocycles. The molecular weight excluding hydrogens is 288 g/mol. The lowest BCUT2D eigenvalue weighted by Gasteiger charge is -2.35. The van der Waals surface area contributed by atoms with Gasteiger partial charge in [-0.05, 0) is 36.5 Å². The highest BCUT2D eigenvalue weighted by Gasteiger charge is 2.36. The van der Waals surface area contributed by atoms with E-state index in [2.05, 4.69) is 25.8 Å². The minimum Gasteiger partial charge on any atom is -0.483 e. The predicted molar refractivity (Wildman–Crippen MR) is 91.4 cm³/mol. The van der Waals surface area contributed by atoms with Gasteiger partial charge in [-0.15, -0.1) is 0 Å². The molecule has 1 aliphatic heterocycles. The van der Waals surface area contributed by atoms with Gasteiger partial charge in [-0.1, -0.05) is 32.9 Å². The first-order valence-corrected chi connectivity index (χ1v) is 8.23. The Balaban J connectivity index is 1.71. The third-order valence-corrected chi connectivity index (χ3v) is 4.53. The third kappa shape index (κ3) is 3.31. The second-order valence-electron chi connectivity index (χ2n) is 7.23. The fourth-order valence-corrected chi connectivity index (χ4v) is 3.38. The minimum atomic E-state index is 0.0725. The molecule has 1 saturated heterocycles. The van der Waals surface area contributed by atoms with Crippen molar-refractivity contribution in [3.05, 3.63) is 36.5 Å². The average Bonchev–Trinajstić information content (AvgIpc) is 3.02. The lowest BCUT2D eigenvalue weighted by Crippen LogP contribution is -2.45. The second-order valence-corrected chi connectivity index (χ2v) is 7.23. The molecule has 1 amide bonds. The number of ether oxygens (including phenoxy) is 1. The van der Waals surface area contributed by atoms with Crippen molar-refractivity contribution in [3.8, 4) is 5.75 Å². The molecule has 4 nitrogen and oxygen atoms in total. The van der Waals surface area contributed by atoms with E-state index in [9.17, 15) is 4.79 Å². The van der Waals surface area contributed by atoms with Crippen LogP contribution in [-0.2, 0) is 4.79 Å². The summed E-state index contributed by atoms with van der Waals surface area (Å²) in [5, 5.41) is 0.941. The normalized spacial score (nSPS) is 18.4. The van der Waals surface area contributed by atoms with Crippen LogP contribution < -0.4 is 4.74 Å². The smallest absolute Gasteiger partial charge is 0.260 e. The van der Waals surface area contributed by atoms with Crippen LogP contribution in [0, 0.1) is 5.41 Å². The van der Waals surface area contributed by atoms with Crippen LogP contribution in [0.1, 0.15) is 33.6 Å². The van der Waals surface area contributed by atoms with Crippen LogP contribution >= 0.6 is 0 Å². The molecule has 0 aliphatic carbocycles. The Labute approximate surface area is 137 Å². The van der Waals surface area contributed by atoms with Crippen molar-refractivity contribution in [2.75, 3.05) is 13.2 Å². The summed E-state index contributed by atoms with van der Waals surface area (Å²) >= 11 is 0. The van der Waals surface area contributed by atoms with E-state index in [4.69, 9.17) is 4.74 Å². The molecule has 23 heavy (non-hydrogen) atoms. The quantitative estimate of drug-likeness (QED) is 0.869. The highest BCUT2D eigenvalue weighted by Crippen LogP contribution is 2.32. The number of carbonyl (C=O) groups is 1. The molecule has 1 atom stereocenters. The van der Waals surface area contributed by atoms with Crippen molar-refractivity contribution in [2.24, 2.45) is 5.41 Å². The number of benzene rings is 1. The number of fused-ring (bicyclic) bond motifs is 1. The maximum absolute atomic E-state index is 12.6. The van der Waals surface area contributed by atoms with Crippen molar-refractivity contribution < 1.29 is 9.53 Å². The van der Waals surface area contributed by atoms with E-state index >= 15 is 0 Å². The second kappa shape index (κ2) is 6.19. The van der Waals surface area contributed by atoms with Crippen molar-refractivity contribution >= 4 is 16.8 Å². The van der Waals surface area contributed by atoms with Crippen LogP contribution in [-0.4, -0.2) is 35.0 Å². The molecule has 0 radical (unpaired) electrons. The largest absolute Gasteiger partial charge is 0.483 e. The maximum Gasteiger partial charge on any atom is 0.260 e. The van der Waals surface area contributed by atoms with Crippen molar-refractivity contribution in [1.82, 2.24) is 9.88 Å². The number of carbonyl (C=O) groups excluding carboxylic acids is 1. The fourth-order valence-electron chi connectivity index (χ4n) is 3.38. The number of para-hydroxylation sites is 1. The van der Waals surface area contributed by atoms with Gasteiger partial charge in [0, 0.05) is 24.2 Å². The number of hydrogen-bond acceptors (Lipinski definition) is 3. The number of hydrogen-bond donors (Lipinski definition) is 0. The Kier molecular flexibility index (Phi) is 4.24. The first-order valence-electron chi connectivity index (χ1n) is 8.23. The Morgan fingerprint density at radius 2 is 2.09 bits per heavy atom. The van der Waals surface area contributed by atoms with Crippen LogP contribution in [0.3, 0.4) is 0 Å². The molecule has 4 heteroatoms. The zero-order valence-corrected chi connectivity index (χ0v) is 14.1. The van der Waals surface area contributed by atoms with Gasteiger partial charge in [0.1, 0.15) is 5.75 Å². The number of nitrogens with zero attached hydrogens (tertiary/aromatic N) is 2. The van der Waals surface area contributed by atoms with Crippen LogP contribution in [0.25, 0.3) is 10.9 Å². The minimum absolute atomic E-state index is 0.0725. The topological polar surface area (TPSA) is 42.4 Å². The number of amides is 1. The molecule has 0 N–H and O–H groups in total. The Morgan fingerprint density at radius 1 is 1.30 bits per heavy atom. The zero-order chi connectivity index (χ0) is 16.4. The summed E-state index contributed by atoms with van der Waals surface area (Å²) in [5.74, 6) is 0.791. The summed E-state index contributed by atoms with van der Waals surface area (Å²) in [6, 6.07) is 9.93. The van der Waals surface area contributed by atoms with Gasteiger partial charge in [-0.3, -0.25) is 9.78 Å². The van der Waals surface area contributed by atoms with Gasteiger partial charge in [-0.25, -0.2) is 0 Å². The van der Waals surface area contributed by atoms with E-state index in [0.29, 0.717) is 6.04 Å². The molecule has 1 fully saturated rings. The van der Waals surface area contributed by atoms with E-state index in [1.165, 1.54) is 0 Å². The van der Waals surface area contributed by atoms with Gasteiger partial charge in [0.05, 0.1) is 5.52 Å². The molecule has 2 heterocycles. The first kappa shape index (κ1) is 15.8. The third-order valence-electron chi connectivity index (χ3n) is 4.53. The van der Waals surface area contributed by atoms with Gasteiger partial charge in [-0.2, -0.15) is 0 Å². The van der Waals surface area contributed by atoms with E-state index in [1.807, 2.05) is 35.2 Å². The molecule has 0 spiro atoms. The Morgan fingerprint density at radius 3 is 2.87 bits per heavy atom. The summed E-state index contributed by atoms with van der Waals surface area (Å²) in [4.78, 5) is 18.9. The lowest BCUT2D eigenvalue weighted by atomic mass is 9.85. The highest BCUT2D eigenvalue weighted by molar-refractivity contribution is 5.85. The lowest BCUT2D eigenvalue weighted by molar-refractivity contribution is -0.136. The van der Waals surface area contributed by atoms with Crippen LogP contribution in [0.15, 0.2) is 36.5 Å². The van der Waals surface area contributed by atoms with Gasteiger partial charge in [0.2, 0.25) is 0 Å². The molecule has 3 rings (SSSR count). The van der Waals surface area contributed by atoms with Gasteiger partial charge >= 0.3 is 0 Å². The Bertz CT molecular complexity index is 701. The summed E-state index contributed by atoms with van der Waals surface area (Å²) < 4.78 is 5.82. The van der Waals surface area contributed by atoms with Gasteiger partial charge < -0.3 is 9.64 Å². The average molecular weight is 312 g/mol. The van der Waals surface area contributed by atoms with Crippen molar-refractivity contribution in [1.29, 1.82) is 0 Å². The van der Waals surface area contributed by atoms with Crippen molar-refractivity contribution in [2.45, 2.75) is 39.7 Å². The van der Waals surface area contributed by atoms with Crippen LogP contribution in [0.2, 0.25) is 0 Å². The molecule has 1 aromatic carbocycles. The van der Waals surface area contributed by atoms with Crippen LogP contribution in [0.4, 0.5) is 0 Å². The SMILES string of the molecule is CC(C)(C)C1CCCN1C(=O)COc1ccnc2ccccc12. The number of rotatable bonds is 3. The van der Waals surface area contributed by atoms with E-state index in [1.54, 1.807) is 6.20 Å². The fraction of sp³-hybridized carbons (Fsp3) is 0.474.